The molecule has 2 fully saturated rings. The summed E-state index contributed by atoms with van der Waals surface area (Å²) in [5.74, 6) is -0.214. The Bertz CT molecular complexity index is 1140. The van der Waals surface area contributed by atoms with E-state index in [0.717, 1.165) is 31.2 Å². The standard InChI is InChI=1S/C19H29NO3.C18H29NO2/c1-14(16-10-8-7-9-11-16)23-20-18(3,4)12-17(22-15(2)21)13-19(20,5)6;1-14(15-10-8-7-9-11-15)21-19-17(2,3)12-16(20-6)13-18(19,4)5/h7-11,14,17H,12-13H2,1-6H3;7-11,14,16H,12-13H2,1-6H3. The minimum absolute atomic E-state index is 0.0278. The molecule has 2 aromatic rings. The maximum absolute atomic E-state index is 11.3. The summed E-state index contributed by atoms with van der Waals surface area (Å²) >= 11 is 0. The molecule has 7 nitrogen and oxygen atoms in total. The Hall–Kier alpha value is -2.29. The number of nitrogens with zero attached hydrogens (tertiary/aromatic N) is 2. The van der Waals surface area contributed by atoms with E-state index in [9.17, 15) is 4.79 Å². The predicted octanol–water partition coefficient (Wildman–Crippen LogP) is 8.61. The van der Waals surface area contributed by atoms with Crippen LogP contribution in [0.15, 0.2) is 60.7 Å². The zero-order valence-corrected chi connectivity index (χ0v) is 29.3. The summed E-state index contributed by atoms with van der Waals surface area (Å²) in [6.45, 7) is 23.2. The van der Waals surface area contributed by atoms with Gasteiger partial charge in [0.1, 0.15) is 18.3 Å². The molecular formula is C37H58N2O5. The van der Waals surface area contributed by atoms with E-state index in [1.807, 2.05) is 24.3 Å². The van der Waals surface area contributed by atoms with Crippen LogP contribution in [0.25, 0.3) is 0 Å². The quantitative estimate of drug-likeness (QED) is 0.277. The first-order valence-electron chi connectivity index (χ1n) is 16.1. The van der Waals surface area contributed by atoms with Crippen molar-refractivity contribution in [2.45, 2.75) is 148 Å². The van der Waals surface area contributed by atoms with Crippen molar-refractivity contribution >= 4 is 5.97 Å². The van der Waals surface area contributed by atoms with E-state index in [1.54, 1.807) is 7.11 Å². The molecular weight excluding hydrogens is 552 g/mol. The number of carbonyl (C=O) groups excluding carboxylic acids is 1. The highest BCUT2D eigenvalue weighted by molar-refractivity contribution is 5.66. The van der Waals surface area contributed by atoms with Gasteiger partial charge in [0, 0.05) is 49.0 Å². The van der Waals surface area contributed by atoms with Gasteiger partial charge in [0.05, 0.1) is 6.10 Å². The summed E-state index contributed by atoms with van der Waals surface area (Å²) in [6.07, 6.45) is 3.73. The normalized spacial score (nSPS) is 23.2. The maximum atomic E-state index is 11.3. The Balaban J connectivity index is 0.000000241. The number of piperidine rings is 2. The van der Waals surface area contributed by atoms with Gasteiger partial charge in [0.2, 0.25) is 0 Å². The number of ether oxygens (including phenoxy) is 2. The number of benzene rings is 2. The molecule has 0 aromatic heterocycles. The lowest BCUT2D eigenvalue weighted by Crippen LogP contribution is -2.62. The lowest BCUT2D eigenvalue weighted by molar-refractivity contribution is -0.314. The molecule has 2 aliphatic rings. The minimum atomic E-state index is -0.217. The van der Waals surface area contributed by atoms with E-state index in [2.05, 4.69) is 116 Å². The van der Waals surface area contributed by atoms with Crippen molar-refractivity contribution in [3.8, 4) is 0 Å². The molecule has 0 amide bonds. The summed E-state index contributed by atoms with van der Waals surface area (Å²) in [5, 5.41) is 4.28. The first-order chi connectivity index (χ1) is 20.4. The molecule has 4 rings (SSSR count). The van der Waals surface area contributed by atoms with Gasteiger partial charge in [-0.3, -0.25) is 14.5 Å². The summed E-state index contributed by atoms with van der Waals surface area (Å²) in [5.41, 5.74) is 1.83. The van der Waals surface area contributed by atoms with E-state index >= 15 is 0 Å². The number of methoxy groups -OCH3 is 1. The monoisotopic (exact) mass is 610 g/mol. The SMILES string of the molecule is CC(=O)OC1CC(C)(C)N(OC(C)c2ccccc2)C(C)(C)C1.COC1CC(C)(C)N(OC(C)c2ccccc2)C(C)(C)C1. The van der Waals surface area contributed by atoms with Gasteiger partial charge in [-0.1, -0.05) is 60.7 Å². The highest BCUT2D eigenvalue weighted by Gasteiger charge is 2.49. The van der Waals surface area contributed by atoms with Crippen molar-refractivity contribution < 1.29 is 23.9 Å². The Morgan fingerprint density at radius 3 is 1.25 bits per heavy atom. The van der Waals surface area contributed by atoms with Crippen molar-refractivity contribution in [2.24, 2.45) is 0 Å². The molecule has 0 spiro atoms. The Morgan fingerprint density at radius 2 is 0.955 bits per heavy atom. The molecule has 44 heavy (non-hydrogen) atoms. The number of rotatable bonds is 8. The van der Waals surface area contributed by atoms with E-state index in [-0.39, 0.29) is 46.4 Å². The molecule has 2 atom stereocenters. The first-order valence-corrected chi connectivity index (χ1v) is 16.1. The molecule has 7 heteroatoms. The fourth-order valence-corrected chi connectivity index (χ4v) is 7.28. The van der Waals surface area contributed by atoms with Crippen LogP contribution in [0.5, 0.6) is 0 Å². The van der Waals surface area contributed by atoms with Gasteiger partial charge in [-0.25, -0.2) is 0 Å². The lowest BCUT2D eigenvalue weighted by atomic mass is 9.80. The predicted molar refractivity (Wildman–Crippen MR) is 177 cm³/mol. The number of esters is 1. The third kappa shape index (κ3) is 9.37. The number of hydrogen-bond donors (Lipinski definition) is 0. The maximum Gasteiger partial charge on any atom is 0.302 e. The zero-order chi connectivity index (χ0) is 32.9. The smallest absolute Gasteiger partial charge is 0.302 e. The van der Waals surface area contributed by atoms with Crippen LogP contribution in [-0.2, 0) is 23.9 Å². The van der Waals surface area contributed by atoms with Crippen molar-refractivity contribution in [1.29, 1.82) is 0 Å². The number of hydrogen-bond acceptors (Lipinski definition) is 7. The van der Waals surface area contributed by atoms with Gasteiger partial charge in [0.25, 0.3) is 0 Å². The molecule has 246 valence electrons. The average Bonchev–Trinajstić information content (AvgIpc) is 2.92. The van der Waals surface area contributed by atoms with Crippen LogP contribution in [0.2, 0.25) is 0 Å². The topological polar surface area (TPSA) is 60.5 Å². The molecule has 0 radical (unpaired) electrons. The zero-order valence-electron chi connectivity index (χ0n) is 29.3. The summed E-state index contributed by atoms with van der Waals surface area (Å²) in [4.78, 5) is 24.0. The van der Waals surface area contributed by atoms with E-state index < -0.39 is 0 Å². The molecule has 0 aliphatic carbocycles. The van der Waals surface area contributed by atoms with E-state index in [1.165, 1.54) is 12.5 Å². The van der Waals surface area contributed by atoms with Crippen LogP contribution >= 0.6 is 0 Å². The molecule has 2 unspecified atom stereocenters. The molecule has 2 saturated heterocycles. The van der Waals surface area contributed by atoms with Gasteiger partial charge in [-0.15, -0.1) is 0 Å². The van der Waals surface area contributed by atoms with Crippen molar-refractivity contribution in [3.05, 3.63) is 71.8 Å². The first kappa shape index (κ1) is 36.2. The fourth-order valence-electron chi connectivity index (χ4n) is 7.28. The van der Waals surface area contributed by atoms with Crippen LogP contribution in [0.1, 0.15) is 125 Å². The summed E-state index contributed by atoms with van der Waals surface area (Å²) in [6, 6.07) is 20.6. The second kappa shape index (κ2) is 14.4. The van der Waals surface area contributed by atoms with Crippen molar-refractivity contribution in [3.63, 3.8) is 0 Å². The largest absolute Gasteiger partial charge is 0.462 e. The van der Waals surface area contributed by atoms with Gasteiger partial charge in [0.15, 0.2) is 0 Å². The van der Waals surface area contributed by atoms with Crippen LogP contribution in [-0.4, -0.2) is 57.6 Å². The van der Waals surface area contributed by atoms with Gasteiger partial charge in [-0.05, 0) is 93.2 Å². The third-order valence-electron chi connectivity index (χ3n) is 8.84. The Kier molecular flexibility index (Phi) is 11.9. The van der Waals surface area contributed by atoms with Crippen LogP contribution in [0, 0.1) is 0 Å². The van der Waals surface area contributed by atoms with Crippen LogP contribution in [0.3, 0.4) is 0 Å². The number of hydroxylamine groups is 4. The molecule has 0 bridgehead atoms. The lowest BCUT2D eigenvalue weighted by Gasteiger charge is -2.54. The second-order valence-electron chi connectivity index (χ2n) is 15.1. The van der Waals surface area contributed by atoms with Crippen molar-refractivity contribution in [1.82, 2.24) is 10.1 Å². The average molecular weight is 611 g/mol. The third-order valence-corrected chi connectivity index (χ3v) is 8.84. The molecule has 0 N–H and O–H groups in total. The van der Waals surface area contributed by atoms with Crippen molar-refractivity contribution in [2.75, 3.05) is 7.11 Å². The summed E-state index contributed by atoms with van der Waals surface area (Å²) in [7, 11) is 1.81. The van der Waals surface area contributed by atoms with E-state index in [4.69, 9.17) is 19.1 Å². The highest BCUT2D eigenvalue weighted by Crippen LogP contribution is 2.43. The van der Waals surface area contributed by atoms with Gasteiger partial charge in [-0.2, -0.15) is 10.1 Å². The second-order valence-corrected chi connectivity index (χ2v) is 15.1. The van der Waals surface area contributed by atoms with Crippen LogP contribution < -0.4 is 0 Å². The molecule has 0 saturated carbocycles. The highest BCUT2D eigenvalue weighted by atomic mass is 16.7. The van der Waals surface area contributed by atoms with Gasteiger partial charge < -0.3 is 9.47 Å². The minimum Gasteiger partial charge on any atom is -0.462 e. The molecule has 2 heterocycles. The molecule has 2 aromatic carbocycles. The van der Waals surface area contributed by atoms with Crippen LogP contribution in [0.4, 0.5) is 0 Å². The van der Waals surface area contributed by atoms with E-state index in [0.29, 0.717) is 6.10 Å². The van der Waals surface area contributed by atoms with Gasteiger partial charge >= 0.3 is 5.97 Å². The Labute approximate surface area is 267 Å². The summed E-state index contributed by atoms with van der Waals surface area (Å²) < 4.78 is 11.1. The number of carbonyl (C=O) groups is 1. The Morgan fingerprint density at radius 1 is 0.636 bits per heavy atom. The fraction of sp³-hybridized carbons (Fsp3) is 0.649. The molecule has 2 aliphatic heterocycles.